The summed E-state index contributed by atoms with van der Waals surface area (Å²) in [4.78, 5) is 25.6. The van der Waals surface area contributed by atoms with Gasteiger partial charge in [0.1, 0.15) is 0 Å². The fourth-order valence-electron chi connectivity index (χ4n) is 8.82. The first-order valence-electron chi connectivity index (χ1n) is 39.2. The number of pyridine rings is 6. The van der Waals surface area contributed by atoms with E-state index in [9.17, 15) is 0 Å². The summed E-state index contributed by atoms with van der Waals surface area (Å²) in [6, 6.07) is 89.1. The van der Waals surface area contributed by atoms with Crippen molar-refractivity contribution in [3.05, 3.63) is 377 Å². The van der Waals surface area contributed by atoms with Gasteiger partial charge in [-0.15, -0.1) is 207 Å². The molecular formula is C91H80BrIr2N6-. The zero-order chi connectivity index (χ0) is 83.9. The Morgan fingerprint density at radius 2 is 0.640 bits per heavy atom. The van der Waals surface area contributed by atoms with E-state index in [1.54, 1.807) is 97.6 Å². The van der Waals surface area contributed by atoms with Crippen LogP contribution in [0.5, 0.6) is 0 Å². The predicted molar refractivity (Wildman–Crippen MR) is 412 cm³/mol. The molecule has 0 aliphatic heterocycles. The summed E-state index contributed by atoms with van der Waals surface area (Å²) in [6.45, 7) is -4.57. The fourth-order valence-corrected chi connectivity index (χ4v) is 9.16. The fraction of sp³-hybridized carbons (Fsp3) is 0.121. The normalized spacial score (nSPS) is 13.2. The Kier molecular flexibility index (Phi) is 23.9. The zero-order valence-electron chi connectivity index (χ0n) is 72.3. The van der Waals surface area contributed by atoms with Gasteiger partial charge in [0.2, 0.25) is 0 Å². The van der Waals surface area contributed by atoms with E-state index >= 15 is 0 Å². The number of hydrogen-bond donors (Lipinski definition) is 0. The Morgan fingerprint density at radius 3 is 0.960 bits per heavy atom. The standard InChI is InChI=1S/2C18H14N.C13H11BrN.3C13H12N.C2H.CH4.2Ir/c2*1-14-7-9-15(10-8-14)17-11-12-19-18(13-17)16-5-3-2-4-6-16;1-9-3-6-13(15-8-9)11-5-4-10(2)12(14)7-11;3*1-10-3-6-12(7-4-10)13-8-5-11(2)9-14-13;1-2;;;/h2*2-5,7-13H,1H3;3-4,6-8H,1-2H3;3*3-6,8-9H,1-2H3;1H;1H4;;/q7*-1;;2*+3/i3*1D3;2D3;2*1D3;;;;. The summed E-state index contributed by atoms with van der Waals surface area (Å²) in [7, 11) is 0. The molecule has 8 aromatic carbocycles. The van der Waals surface area contributed by atoms with Crippen LogP contribution in [0, 0.1) is 118 Å². The smallest absolute Gasteiger partial charge is 0.697 e. The number of rotatable bonds is 8. The number of hydrogen-bond acceptors (Lipinski definition) is 6. The van der Waals surface area contributed by atoms with Crippen LogP contribution in [0.15, 0.2) is 278 Å². The van der Waals surface area contributed by atoms with Gasteiger partial charge in [-0.05, 0) is 132 Å². The van der Waals surface area contributed by atoms with Crippen LogP contribution in [0.4, 0.5) is 0 Å². The second kappa shape index (κ2) is 42.1. The predicted octanol–water partition coefficient (Wildman–Crippen LogP) is 23.3. The average Bonchev–Trinajstić information content (AvgIpc) is 0.831. The van der Waals surface area contributed by atoms with Crippen molar-refractivity contribution in [2.75, 3.05) is 0 Å². The third-order valence-electron chi connectivity index (χ3n) is 14.1. The molecule has 0 amide bonds. The maximum Gasteiger partial charge on any atom is 3.00 e. The number of halogens is 1. The van der Waals surface area contributed by atoms with E-state index in [1.165, 1.54) is 24.5 Å². The van der Waals surface area contributed by atoms with Crippen LogP contribution in [-0.2, 0) is 40.2 Å². The Balaban J connectivity index is 0.000000251. The quantitative estimate of drug-likeness (QED) is 0.111. The van der Waals surface area contributed by atoms with Gasteiger partial charge in [0.25, 0.3) is 0 Å². The van der Waals surface area contributed by atoms with E-state index in [2.05, 4.69) is 88.7 Å². The Hall–Kier alpha value is -10.0. The number of terminal acetylenes is 1. The van der Waals surface area contributed by atoms with E-state index in [0.29, 0.717) is 27.9 Å². The van der Waals surface area contributed by atoms with Crippen LogP contribution in [0.25, 0.3) is 89.8 Å². The van der Waals surface area contributed by atoms with Gasteiger partial charge in [0.15, 0.2) is 0 Å². The van der Waals surface area contributed by atoms with Crippen molar-refractivity contribution >= 4 is 15.9 Å². The monoisotopic (exact) mass is 1740 g/mol. The largest absolute Gasteiger partial charge is 3.00 e. The first-order chi connectivity index (χ1) is 54.3. The molecule has 0 N–H and O–H groups in total. The van der Waals surface area contributed by atoms with Crippen molar-refractivity contribution in [3.8, 4) is 96.2 Å². The van der Waals surface area contributed by atoms with Crippen molar-refractivity contribution < 1.29 is 64.9 Å². The minimum atomic E-state index is -2.11. The Bertz CT molecular complexity index is 5010. The van der Waals surface area contributed by atoms with Crippen LogP contribution in [0.1, 0.15) is 87.7 Å². The molecule has 0 aliphatic rings. The first kappa shape index (κ1) is 56.8. The molecule has 0 fully saturated rings. The van der Waals surface area contributed by atoms with Crippen molar-refractivity contribution in [2.45, 2.75) is 76.2 Å². The molecule has 0 unspecified atom stereocenters. The molecule has 100 heavy (non-hydrogen) atoms. The van der Waals surface area contributed by atoms with Crippen molar-refractivity contribution in [1.29, 1.82) is 0 Å². The van der Waals surface area contributed by atoms with Gasteiger partial charge in [-0.2, -0.15) is 0 Å². The molecule has 0 saturated heterocycles. The van der Waals surface area contributed by atoms with E-state index in [1.807, 2.05) is 179 Å². The van der Waals surface area contributed by atoms with Gasteiger partial charge >= 0.3 is 40.2 Å². The van der Waals surface area contributed by atoms with Gasteiger partial charge < -0.3 is 42.8 Å². The zero-order valence-corrected chi connectivity index (χ0v) is 60.7. The molecule has 0 atom stereocenters. The van der Waals surface area contributed by atoms with Gasteiger partial charge in [0, 0.05) is 61.9 Å². The average molecular weight is 1740 g/mol. The molecule has 14 rings (SSSR count). The molecule has 14 aromatic rings. The van der Waals surface area contributed by atoms with Crippen molar-refractivity contribution in [1.82, 2.24) is 29.9 Å². The van der Waals surface area contributed by atoms with E-state index in [0.717, 1.165) is 111 Å². The molecule has 500 valence electrons. The Labute approximate surface area is 655 Å². The molecule has 9 heteroatoms. The first-order valence-corrected chi connectivity index (χ1v) is 31.0. The molecule has 0 spiro atoms. The summed E-state index contributed by atoms with van der Waals surface area (Å²) < 4.78 is 133. The molecular weight excluding hydrogens is 1640 g/mol. The Morgan fingerprint density at radius 1 is 0.310 bits per heavy atom. The van der Waals surface area contributed by atoms with Gasteiger partial charge in [0.05, 0.1) is 0 Å². The second-order valence-corrected chi connectivity index (χ2v) is 22.4. The minimum Gasteiger partial charge on any atom is -0.697 e. The molecule has 6 nitrogen and oxygen atoms in total. The summed E-state index contributed by atoms with van der Waals surface area (Å²) >= 11 is 3.45. The SMILES string of the molecule is C.[2H]C([2H])([2H])c1c[c-]c(-c2ccc(C)cn2)cc1.[2H]C([2H])([2H])c1c[c-]c(-c2ccc(C)cn2)cc1.[2H]C([2H])([2H])c1ccc(-c2[c-]cc(C)c(Br)c2)nc1.[2H]C([2H])([2H])c1ccc(-c2[c-]cc(C)cc2)nc1.[2H]C([2H])([2H])c1ccc(-c2ccnc(-c3[c-]cccc3)c2)cc1.[2H]C([2H])([2H])c1ccc(-c2ccnc(-c3[c-]cccc3)c2)cc1.[C-]#C.[Ir+3].[Ir+3]. The third-order valence-corrected chi connectivity index (χ3v) is 14.9. The van der Waals surface area contributed by atoms with Gasteiger partial charge in [-0.1, -0.05) is 176 Å². The number of benzene rings is 8. The maximum absolute atomic E-state index is 7.41. The van der Waals surface area contributed by atoms with Gasteiger partial charge in [-0.3, -0.25) is 0 Å². The van der Waals surface area contributed by atoms with Crippen LogP contribution in [-0.4, -0.2) is 29.9 Å². The van der Waals surface area contributed by atoms with Crippen molar-refractivity contribution in [3.63, 3.8) is 0 Å². The third kappa shape index (κ3) is 25.7. The molecule has 0 aliphatic carbocycles. The number of nitrogens with zero attached hydrogens (tertiary/aromatic N) is 6. The van der Waals surface area contributed by atoms with Crippen LogP contribution >= 0.6 is 15.9 Å². The summed E-state index contributed by atoms with van der Waals surface area (Å²) in [5.41, 5.74) is 20.1. The summed E-state index contributed by atoms with van der Waals surface area (Å²) in [5, 5.41) is 0. The van der Waals surface area contributed by atoms with Crippen LogP contribution in [0.2, 0.25) is 0 Å². The number of aromatic nitrogens is 6. The molecule has 0 bridgehead atoms. The van der Waals surface area contributed by atoms with E-state index in [-0.39, 0.29) is 58.8 Å². The molecule has 0 saturated carbocycles. The number of aryl methyl sites for hydroxylation is 10. The second-order valence-electron chi connectivity index (χ2n) is 21.5. The van der Waals surface area contributed by atoms with Crippen LogP contribution in [0.3, 0.4) is 0 Å². The van der Waals surface area contributed by atoms with E-state index < -0.39 is 41.1 Å². The summed E-state index contributed by atoms with van der Waals surface area (Å²) in [6.07, 6.45) is 18.9. The minimum absolute atomic E-state index is 0. The molecule has 6 aromatic heterocycles. The molecule has 6 heterocycles. The maximum atomic E-state index is 7.41. The topological polar surface area (TPSA) is 77.3 Å². The van der Waals surface area contributed by atoms with E-state index in [4.69, 9.17) is 31.1 Å². The van der Waals surface area contributed by atoms with Crippen molar-refractivity contribution in [2.24, 2.45) is 0 Å². The van der Waals surface area contributed by atoms with Gasteiger partial charge in [-0.25, -0.2) is 0 Å². The van der Waals surface area contributed by atoms with Crippen LogP contribution < -0.4 is 0 Å². The molecule has 0 radical (unpaired) electrons. The summed E-state index contributed by atoms with van der Waals surface area (Å²) in [5.74, 6) is 0.